The number of rotatable bonds is 4. The van der Waals surface area contributed by atoms with Gasteiger partial charge < -0.3 is 4.57 Å². The fraction of sp³-hybridized carbons (Fsp3) is 0.0323. The lowest BCUT2D eigenvalue weighted by molar-refractivity contribution is 0.0990. The Kier molecular flexibility index (Phi) is 4.94. The van der Waals surface area contributed by atoms with Gasteiger partial charge in [-0.15, -0.1) is 0 Å². The molecule has 0 fully saturated rings. The number of Topliss-reactive ketones (excluding diaryl/α,β-unsaturated/α-hetero) is 2. The molecule has 1 aliphatic carbocycles. The molecular formula is C31H19N3O2S. The van der Waals surface area contributed by atoms with E-state index in [4.69, 9.17) is 9.97 Å². The average Bonchev–Trinajstić information content (AvgIpc) is 3.56. The molecule has 4 aromatic carbocycles. The largest absolute Gasteiger partial charge is 0.304 e. The summed E-state index contributed by atoms with van der Waals surface area (Å²) < 4.78 is 1.99. The normalized spacial score (nSPS) is 13.0. The van der Waals surface area contributed by atoms with Crippen LogP contribution in [0.5, 0.6) is 0 Å². The number of ketones is 2. The van der Waals surface area contributed by atoms with Gasteiger partial charge in [0.25, 0.3) is 0 Å². The predicted molar refractivity (Wildman–Crippen MR) is 147 cm³/mol. The summed E-state index contributed by atoms with van der Waals surface area (Å²) in [5, 5.41) is 2.76. The lowest BCUT2D eigenvalue weighted by Gasteiger charge is -2.07. The summed E-state index contributed by atoms with van der Waals surface area (Å²) in [5.74, 6) is 0.0221. The maximum atomic E-state index is 13.4. The summed E-state index contributed by atoms with van der Waals surface area (Å²) in [5.41, 5.74) is 3.88. The predicted octanol–water partition coefficient (Wildman–Crippen LogP) is 6.82. The van der Waals surface area contributed by atoms with Gasteiger partial charge in [-0.05, 0) is 34.5 Å². The van der Waals surface area contributed by atoms with E-state index >= 15 is 0 Å². The van der Waals surface area contributed by atoms with Crippen molar-refractivity contribution in [2.75, 3.05) is 0 Å². The Morgan fingerprint density at radius 2 is 1.32 bits per heavy atom. The number of imidazole rings is 1. The number of hydrogen-bond donors (Lipinski definition) is 0. The second-order valence-electron chi connectivity index (χ2n) is 9.02. The quantitative estimate of drug-likeness (QED) is 0.198. The highest BCUT2D eigenvalue weighted by molar-refractivity contribution is 7.21. The first kappa shape index (κ1) is 21.6. The highest BCUT2D eigenvalue weighted by Crippen LogP contribution is 2.34. The third-order valence-electron chi connectivity index (χ3n) is 6.68. The number of aromatic nitrogens is 3. The first-order valence-electron chi connectivity index (χ1n) is 12.0. The van der Waals surface area contributed by atoms with E-state index in [1.807, 2.05) is 102 Å². The molecule has 0 aliphatic heterocycles. The summed E-state index contributed by atoms with van der Waals surface area (Å²) in [6.45, 7) is 0.521. The summed E-state index contributed by atoms with van der Waals surface area (Å²) in [4.78, 5) is 37.3. The van der Waals surface area contributed by atoms with Gasteiger partial charge in [-0.1, -0.05) is 96.3 Å². The summed E-state index contributed by atoms with van der Waals surface area (Å²) >= 11 is 1.50. The van der Waals surface area contributed by atoms with Crippen molar-refractivity contribution >= 4 is 50.2 Å². The molecule has 7 rings (SSSR count). The molecule has 0 unspecified atom stereocenters. The van der Waals surface area contributed by atoms with Gasteiger partial charge in [-0.2, -0.15) is 0 Å². The van der Waals surface area contributed by atoms with E-state index < -0.39 is 0 Å². The zero-order valence-electron chi connectivity index (χ0n) is 19.6. The van der Waals surface area contributed by atoms with E-state index in [0.717, 1.165) is 37.4 Å². The summed E-state index contributed by atoms with van der Waals surface area (Å²) in [6.07, 6.45) is 1.63. The highest BCUT2D eigenvalue weighted by atomic mass is 32.1. The number of thiazole rings is 1. The Morgan fingerprint density at radius 1 is 0.730 bits per heavy atom. The monoisotopic (exact) mass is 497 g/mol. The summed E-state index contributed by atoms with van der Waals surface area (Å²) in [6, 6.07) is 31.4. The molecule has 0 saturated heterocycles. The molecule has 176 valence electrons. The van der Waals surface area contributed by atoms with Crippen molar-refractivity contribution in [2.24, 2.45) is 0 Å². The van der Waals surface area contributed by atoms with Crippen LogP contribution in [0.2, 0.25) is 0 Å². The number of hydrogen-bond acceptors (Lipinski definition) is 5. The molecule has 0 amide bonds. The van der Waals surface area contributed by atoms with E-state index in [9.17, 15) is 9.59 Å². The zero-order valence-corrected chi connectivity index (χ0v) is 20.4. The number of fused-ring (bicyclic) bond motifs is 3. The van der Waals surface area contributed by atoms with Gasteiger partial charge in [-0.25, -0.2) is 9.97 Å². The molecule has 6 heteroatoms. The minimum absolute atomic E-state index is 0.139. The van der Waals surface area contributed by atoms with Crippen LogP contribution in [-0.2, 0) is 6.54 Å². The van der Waals surface area contributed by atoms with Gasteiger partial charge in [0.1, 0.15) is 10.8 Å². The van der Waals surface area contributed by atoms with Gasteiger partial charge >= 0.3 is 0 Å². The van der Waals surface area contributed by atoms with Crippen molar-refractivity contribution in [3.05, 3.63) is 125 Å². The van der Waals surface area contributed by atoms with Crippen LogP contribution in [-0.4, -0.2) is 26.1 Å². The van der Waals surface area contributed by atoms with Crippen molar-refractivity contribution in [2.45, 2.75) is 6.54 Å². The van der Waals surface area contributed by atoms with Gasteiger partial charge in [0.2, 0.25) is 0 Å². The van der Waals surface area contributed by atoms with Gasteiger partial charge in [0.05, 0.1) is 12.1 Å². The van der Waals surface area contributed by atoms with Crippen molar-refractivity contribution < 1.29 is 9.59 Å². The highest BCUT2D eigenvalue weighted by Gasteiger charge is 2.34. The topological polar surface area (TPSA) is 64.8 Å². The molecule has 0 radical (unpaired) electrons. The zero-order chi connectivity index (χ0) is 24.9. The molecule has 0 N–H and O–H groups in total. The van der Waals surface area contributed by atoms with E-state index in [2.05, 4.69) is 0 Å². The molecule has 0 saturated carbocycles. The average molecular weight is 498 g/mol. The van der Waals surface area contributed by atoms with Gasteiger partial charge in [-0.3, -0.25) is 9.59 Å². The lowest BCUT2D eigenvalue weighted by atomic mass is 10.0. The first-order valence-corrected chi connectivity index (χ1v) is 12.8. The SMILES string of the molecule is O=C1C(=Cc2nc3sc(-c4ccccc4)nc3n2Cc2ccccc2)C(=O)c2cc3ccccc3cc21. The lowest BCUT2D eigenvalue weighted by Crippen LogP contribution is -2.06. The summed E-state index contributed by atoms with van der Waals surface area (Å²) in [7, 11) is 0. The number of allylic oxidation sites excluding steroid dienone is 1. The number of carbonyl (C=O) groups excluding carboxylic acids is 2. The fourth-order valence-corrected chi connectivity index (χ4v) is 5.79. The van der Waals surface area contributed by atoms with Crippen molar-refractivity contribution in [1.82, 2.24) is 14.5 Å². The van der Waals surface area contributed by atoms with Crippen LogP contribution < -0.4 is 0 Å². The van der Waals surface area contributed by atoms with Crippen molar-refractivity contribution in [3.8, 4) is 10.6 Å². The molecule has 1 aliphatic rings. The van der Waals surface area contributed by atoms with Gasteiger partial charge in [0.15, 0.2) is 22.0 Å². The van der Waals surface area contributed by atoms with Crippen molar-refractivity contribution in [3.63, 3.8) is 0 Å². The Morgan fingerprint density at radius 3 is 1.97 bits per heavy atom. The maximum Gasteiger partial charge on any atom is 0.197 e. The van der Waals surface area contributed by atoms with E-state index in [0.29, 0.717) is 23.5 Å². The standard InChI is InChI=1S/C31H19N3O2S/c35-27-23-15-21-13-7-8-14-22(21)16-24(23)28(36)25(27)17-26-32-31-29(34(26)18-19-9-3-1-4-10-19)33-30(37-31)20-11-5-2-6-12-20/h1-17H,18H2. The molecule has 6 aromatic rings. The Labute approximate surface area is 216 Å². The second-order valence-corrected chi connectivity index (χ2v) is 9.99. The number of nitrogens with zero attached hydrogens (tertiary/aromatic N) is 3. The second kappa shape index (κ2) is 8.47. The van der Waals surface area contributed by atoms with Crippen LogP contribution in [0.3, 0.4) is 0 Å². The minimum atomic E-state index is -0.263. The van der Waals surface area contributed by atoms with Crippen molar-refractivity contribution in [1.29, 1.82) is 0 Å². The van der Waals surface area contributed by atoms with E-state index in [1.54, 1.807) is 6.08 Å². The fourth-order valence-electron chi connectivity index (χ4n) is 4.83. The third kappa shape index (κ3) is 3.61. The Balaban J connectivity index is 1.37. The molecule has 0 bridgehead atoms. The van der Waals surface area contributed by atoms with Crippen LogP contribution in [0.15, 0.2) is 103 Å². The Bertz CT molecular complexity index is 1830. The van der Waals surface area contributed by atoms with Crippen LogP contribution >= 0.6 is 11.3 Å². The molecule has 37 heavy (non-hydrogen) atoms. The van der Waals surface area contributed by atoms with Crippen LogP contribution in [0.25, 0.3) is 37.9 Å². The molecule has 0 atom stereocenters. The number of benzene rings is 4. The van der Waals surface area contributed by atoms with Gasteiger partial charge in [0, 0.05) is 16.7 Å². The first-order chi connectivity index (χ1) is 18.2. The van der Waals surface area contributed by atoms with Crippen LogP contribution in [0.4, 0.5) is 0 Å². The maximum absolute atomic E-state index is 13.4. The molecule has 5 nitrogen and oxygen atoms in total. The minimum Gasteiger partial charge on any atom is -0.304 e. The molecular weight excluding hydrogens is 478 g/mol. The van der Waals surface area contributed by atoms with E-state index in [-0.39, 0.29) is 17.1 Å². The Hall–Kier alpha value is -4.68. The molecule has 2 heterocycles. The van der Waals surface area contributed by atoms with E-state index in [1.165, 1.54) is 11.3 Å². The number of carbonyl (C=O) groups is 2. The smallest absolute Gasteiger partial charge is 0.197 e. The van der Waals surface area contributed by atoms with Crippen LogP contribution in [0, 0.1) is 0 Å². The third-order valence-corrected chi connectivity index (χ3v) is 7.67. The molecule has 2 aromatic heterocycles. The van der Waals surface area contributed by atoms with Crippen LogP contribution in [0.1, 0.15) is 32.1 Å². The molecule has 0 spiro atoms.